The van der Waals surface area contributed by atoms with Gasteiger partial charge in [-0.15, -0.1) is 28.1 Å². The maximum atomic E-state index is 13.1. The van der Waals surface area contributed by atoms with E-state index in [2.05, 4.69) is 38.0 Å². The average Bonchev–Trinajstić information content (AvgIpc) is 3.59. The van der Waals surface area contributed by atoms with Gasteiger partial charge in [-0.05, 0) is 40.0 Å². The van der Waals surface area contributed by atoms with Gasteiger partial charge in [-0.25, -0.2) is 4.79 Å². The van der Waals surface area contributed by atoms with Crippen LogP contribution in [0.3, 0.4) is 0 Å². The molecule has 0 fully saturated rings. The summed E-state index contributed by atoms with van der Waals surface area (Å²) in [5, 5.41) is 12.5. The molecule has 2 aromatic heterocycles. The molecule has 2 heterocycles. The lowest BCUT2D eigenvalue weighted by molar-refractivity contribution is -0.113. The lowest BCUT2D eigenvalue weighted by atomic mass is 10.0. The molecule has 0 aliphatic heterocycles. The third-order valence-corrected chi connectivity index (χ3v) is 9.17. The van der Waals surface area contributed by atoms with Gasteiger partial charge in [0.1, 0.15) is 22.9 Å². The molecule has 0 saturated heterocycles. The van der Waals surface area contributed by atoms with Crippen molar-refractivity contribution in [1.29, 1.82) is 0 Å². The van der Waals surface area contributed by atoms with Crippen molar-refractivity contribution in [1.82, 2.24) is 14.8 Å². The summed E-state index contributed by atoms with van der Waals surface area (Å²) in [6.07, 6.45) is 1.74. The van der Waals surface area contributed by atoms with Crippen molar-refractivity contribution < 1.29 is 19.1 Å². The van der Waals surface area contributed by atoms with E-state index in [-0.39, 0.29) is 24.9 Å². The van der Waals surface area contributed by atoms with E-state index in [1.54, 1.807) is 13.0 Å². The van der Waals surface area contributed by atoms with Crippen molar-refractivity contribution in [3.8, 4) is 28.0 Å². The summed E-state index contributed by atoms with van der Waals surface area (Å²) >= 11 is 6.09. The van der Waals surface area contributed by atoms with Crippen LogP contribution in [0.25, 0.3) is 22.3 Å². The fourth-order valence-electron chi connectivity index (χ4n) is 4.48. The zero-order chi connectivity index (χ0) is 30.9. The Bertz CT molecular complexity index is 1760. The van der Waals surface area contributed by atoms with Gasteiger partial charge in [0.15, 0.2) is 11.0 Å². The number of aromatic nitrogens is 3. The summed E-state index contributed by atoms with van der Waals surface area (Å²) in [5.74, 6) is 0.590. The summed E-state index contributed by atoms with van der Waals surface area (Å²) in [7, 11) is 0. The number of nitrogens with zero attached hydrogens (tertiary/aromatic N) is 3. The lowest BCUT2D eigenvalue weighted by Crippen LogP contribution is -2.17. The molecule has 0 saturated carbocycles. The van der Waals surface area contributed by atoms with Gasteiger partial charge in [0.2, 0.25) is 5.91 Å². The van der Waals surface area contributed by atoms with Crippen LogP contribution in [0.5, 0.6) is 5.75 Å². The number of ether oxygens (including phenoxy) is 2. The molecule has 5 rings (SSSR count). The van der Waals surface area contributed by atoms with E-state index in [0.717, 1.165) is 26.2 Å². The van der Waals surface area contributed by atoms with Gasteiger partial charge in [0.25, 0.3) is 0 Å². The minimum absolute atomic E-state index is 0.0471. The maximum absolute atomic E-state index is 13.1. The van der Waals surface area contributed by atoms with Gasteiger partial charge < -0.3 is 14.8 Å². The number of allylic oxidation sites excluding steroid dienone is 1. The summed E-state index contributed by atoms with van der Waals surface area (Å²) in [4.78, 5) is 26.1. The van der Waals surface area contributed by atoms with E-state index < -0.39 is 5.97 Å². The Hall–Kier alpha value is -4.19. The van der Waals surface area contributed by atoms with Gasteiger partial charge in [-0.2, -0.15) is 0 Å². The van der Waals surface area contributed by atoms with Crippen molar-refractivity contribution in [2.24, 2.45) is 0 Å². The van der Waals surface area contributed by atoms with Crippen LogP contribution in [0.1, 0.15) is 23.1 Å². The molecule has 0 atom stereocenters. The molecule has 0 spiro atoms. The fourth-order valence-corrected chi connectivity index (χ4v) is 7.11. The average molecular weight is 690 g/mol. The maximum Gasteiger partial charge on any atom is 0.341 e. The Kier molecular flexibility index (Phi) is 10.7. The number of halogens is 1. The molecule has 0 bridgehead atoms. The molecule has 11 heteroatoms. The Morgan fingerprint density at radius 2 is 1.68 bits per heavy atom. The van der Waals surface area contributed by atoms with Crippen LogP contribution in [0, 0.1) is 0 Å². The smallest absolute Gasteiger partial charge is 0.341 e. The molecule has 1 amide bonds. The van der Waals surface area contributed by atoms with Crippen molar-refractivity contribution in [2.45, 2.75) is 25.2 Å². The van der Waals surface area contributed by atoms with Crippen molar-refractivity contribution in [3.05, 3.63) is 113 Å². The molecule has 0 aliphatic carbocycles. The second-order valence-corrected chi connectivity index (χ2v) is 12.6. The number of rotatable bonds is 13. The first-order chi connectivity index (χ1) is 21.5. The fraction of sp³-hybridized carbons (Fsp3) is 0.152. The number of carbonyl (C=O) groups is 2. The van der Waals surface area contributed by atoms with Crippen LogP contribution < -0.4 is 10.1 Å². The van der Waals surface area contributed by atoms with Crippen molar-refractivity contribution >= 4 is 55.9 Å². The Morgan fingerprint density at radius 1 is 1.00 bits per heavy atom. The highest BCUT2D eigenvalue weighted by Crippen LogP contribution is 2.44. The lowest BCUT2D eigenvalue weighted by Gasteiger charge is -2.12. The topological polar surface area (TPSA) is 95.3 Å². The van der Waals surface area contributed by atoms with Gasteiger partial charge in [-0.3, -0.25) is 9.36 Å². The summed E-state index contributed by atoms with van der Waals surface area (Å²) in [6, 6.07) is 27.4. The summed E-state index contributed by atoms with van der Waals surface area (Å²) in [5.41, 5.74) is 3.87. The number of anilines is 1. The molecular weight excluding hydrogens is 660 g/mol. The number of para-hydroxylation sites is 1. The van der Waals surface area contributed by atoms with E-state index in [1.807, 2.05) is 89.5 Å². The minimum Gasteiger partial charge on any atom is -0.485 e. The van der Waals surface area contributed by atoms with E-state index in [0.29, 0.717) is 33.7 Å². The number of nitrogens with one attached hydrogen (secondary N) is 1. The van der Waals surface area contributed by atoms with Crippen molar-refractivity contribution in [2.75, 3.05) is 17.7 Å². The van der Waals surface area contributed by atoms with Crippen molar-refractivity contribution in [3.63, 3.8) is 0 Å². The van der Waals surface area contributed by atoms with E-state index in [4.69, 9.17) is 9.47 Å². The number of esters is 1. The van der Waals surface area contributed by atoms with E-state index in [1.165, 1.54) is 23.1 Å². The zero-order valence-electron chi connectivity index (χ0n) is 23.9. The van der Waals surface area contributed by atoms with E-state index >= 15 is 0 Å². The number of hydrogen-bond donors (Lipinski definition) is 1. The number of benzene rings is 3. The SMILES string of the molecule is C=CCn1c(COc2ccccc2-c2ccccc2)nnc1SCC(=O)Nc1sc(Br)c(-c2ccccc2)c1C(=O)OCC. The van der Waals surface area contributed by atoms with Gasteiger partial charge in [0.05, 0.1) is 16.1 Å². The molecule has 1 N–H and O–H groups in total. The highest BCUT2D eigenvalue weighted by atomic mass is 79.9. The van der Waals surface area contributed by atoms with Crippen LogP contribution in [0.2, 0.25) is 0 Å². The Labute approximate surface area is 272 Å². The highest BCUT2D eigenvalue weighted by molar-refractivity contribution is 9.11. The normalized spacial score (nSPS) is 10.8. The molecule has 8 nitrogen and oxygen atoms in total. The minimum atomic E-state index is -0.500. The molecule has 5 aromatic rings. The molecule has 0 unspecified atom stereocenters. The quantitative estimate of drug-likeness (QED) is 0.0759. The standard InChI is InChI=1S/C33H29BrN4O4S2/c1-3-19-38-26(20-42-25-18-12-11-17-24(25)22-13-7-5-8-14-22)36-37-33(38)43-21-27(39)35-31-29(32(40)41-4-2)28(30(34)44-31)23-15-9-6-10-16-23/h3,5-18H,1,4,19-21H2,2H3,(H,35,39). The molecular formula is C33H29BrN4O4S2. The number of amides is 1. The van der Waals surface area contributed by atoms with Crippen LogP contribution in [-0.2, 0) is 22.7 Å². The number of hydrogen-bond acceptors (Lipinski definition) is 8. The predicted molar refractivity (Wildman–Crippen MR) is 179 cm³/mol. The van der Waals surface area contributed by atoms with Crippen LogP contribution >= 0.6 is 39.0 Å². The molecule has 224 valence electrons. The van der Waals surface area contributed by atoms with Gasteiger partial charge in [-0.1, -0.05) is 96.7 Å². The first kappa shape index (κ1) is 31.2. The highest BCUT2D eigenvalue weighted by Gasteiger charge is 2.26. The summed E-state index contributed by atoms with van der Waals surface area (Å²) < 4.78 is 14.1. The Morgan fingerprint density at radius 3 is 2.39 bits per heavy atom. The van der Waals surface area contributed by atoms with Gasteiger partial charge in [0, 0.05) is 17.7 Å². The van der Waals surface area contributed by atoms with Crippen LogP contribution in [-0.4, -0.2) is 39.0 Å². The second kappa shape index (κ2) is 15.0. The largest absolute Gasteiger partial charge is 0.485 e. The molecule has 3 aromatic carbocycles. The monoisotopic (exact) mass is 688 g/mol. The second-order valence-electron chi connectivity index (χ2n) is 9.33. The first-order valence-electron chi connectivity index (χ1n) is 13.8. The summed E-state index contributed by atoms with van der Waals surface area (Å²) in [6.45, 7) is 6.46. The number of thiophene rings is 1. The number of carbonyl (C=O) groups excluding carboxylic acids is 2. The van der Waals surface area contributed by atoms with E-state index in [9.17, 15) is 9.59 Å². The molecule has 44 heavy (non-hydrogen) atoms. The van der Waals surface area contributed by atoms with Crippen LogP contribution in [0.15, 0.2) is 107 Å². The third kappa shape index (κ3) is 7.29. The zero-order valence-corrected chi connectivity index (χ0v) is 27.1. The first-order valence-corrected chi connectivity index (χ1v) is 16.4. The molecule has 0 aliphatic rings. The Balaban J connectivity index is 1.30. The molecule has 0 radical (unpaired) electrons. The number of thioether (sulfide) groups is 1. The van der Waals surface area contributed by atoms with Gasteiger partial charge >= 0.3 is 5.97 Å². The predicted octanol–water partition coefficient (Wildman–Crippen LogP) is 8.11. The third-order valence-electron chi connectivity index (χ3n) is 6.43. The van der Waals surface area contributed by atoms with Crippen LogP contribution in [0.4, 0.5) is 5.00 Å².